The Bertz CT molecular complexity index is 471. The lowest BCUT2D eigenvalue weighted by Crippen LogP contribution is -2.45. The predicted octanol–water partition coefficient (Wildman–Crippen LogP) is 2.58. The summed E-state index contributed by atoms with van der Waals surface area (Å²) in [6.45, 7) is 6.18. The predicted molar refractivity (Wildman–Crippen MR) is 76.8 cm³/mol. The van der Waals surface area contributed by atoms with Gasteiger partial charge in [-0.25, -0.2) is 0 Å². The third-order valence-electron chi connectivity index (χ3n) is 2.65. The molecule has 2 N–H and O–H groups in total. The van der Waals surface area contributed by atoms with E-state index < -0.39 is 0 Å². The van der Waals surface area contributed by atoms with E-state index in [1.165, 1.54) is 0 Å². The molecule has 0 atom stereocenters. The van der Waals surface area contributed by atoms with Gasteiger partial charge in [0.2, 0.25) is 0 Å². The second-order valence-electron chi connectivity index (χ2n) is 5.49. The fourth-order valence-corrected chi connectivity index (χ4v) is 2.30. The number of nitrogens with one attached hydrogen (secondary N) is 2. The molecule has 98 valence electrons. The van der Waals surface area contributed by atoms with E-state index in [1.54, 1.807) is 6.26 Å². The van der Waals surface area contributed by atoms with E-state index in [-0.39, 0.29) is 5.54 Å². The zero-order chi connectivity index (χ0) is 13.2. The Kier molecular flexibility index (Phi) is 3.71. The van der Waals surface area contributed by atoms with E-state index >= 15 is 0 Å². The maximum absolute atomic E-state index is 5.42. The maximum Gasteiger partial charge on any atom is 0.187 e. The van der Waals surface area contributed by atoms with Crippen LogP contribution in [0.15, 0.2) is 21.8 Å². The molecular weight excluding hydrogens is 246 g/mol. The van der Waals surface area contributed by atoms with Gasteiger partial charge in [0, 0.05) is 17.5 Å². The molecule has 5 heteroatoms. The molecular formula is C13H19N3OS. The van der Waals surface area contributed by atoms with Crippen molar-refractivity contribution >= 4 is 23.0 Å². The molecule has 0 radical (unpaired) electrons. The number of hydrazone groups is 1. The summed E-state index contributed by atoms with van der Waals surface area (Å²) in [7, 11) is 0. The molecule has 0 aromatic carbocycles. The van der Waals surface area contributed by atoms with E-state index in [4.69, 9.17) is 16.6 Å². The van der Waals surface area contributed by atoms with Crippen molar-refractivity contribution in [2.45, 2.75) is 45.6 Å². The first-order valence-electron chi connectivity index (χ1n) is 6.17. The van der Waals surface area contributed by atoms with Gasteiger partial charge in [0.1, 0.15) is 5.76 Å². The molecule has 0 saturated heterocycles. The number of nitrogens with zero attached hydrogens (tertiary/aromatic N) is 1. The Morgan fingerprint density at radius 3 is 2.89 bits per heavy atom. The number of aryl methyl sites for hydroxylation is 1. The third-order valence-corrected chi connectivity index (χ3v) is 2.85. The number of hydrogen-bond acceptors (Lipinski definition) is 3. The van der Waals surface area contributed by atoms with E-state index in [2.05, 4.69) is 36.6 Å². The lowest BCUT2D eigenvalue weighted by molar-refractivity contribution is 0.498. The summed E-state index contributed by atoms with van der Waals surface area (Å²) in [4.78, 5) is 0. The smallest absolute Gasteiger partial charge is 0.187 e. The summed E-state index contributed by atoms with van der Waals surface area (Å²) in [5, 5.41) is 8.10. The molecule has 2 rings (SSSR count). The van der Waals surface area contributed by atoms with Crippen LogP contribution in [-0.4, -0.2) is 16.4 Å². The highest BCUT2D eigenvalue weighted by atomic mass is 32.1. The lowest BCUT2D eigenvalue weighted by atomic mass is 9.97. The van der Waals surface area contributed by atoms with Crippen LogP contribution >= 0.6 is 12.2 Å². The highest BCUT2D eigenvalue weighted by molar-refractivity contribution is 7.80. The molecule has 0 fully saturated rings. The van der Waals surface area contributed by atoms with Gasteiger partial charge >= 0.3 is 0 Å². The average Bonchev–Trinajstić information content (AvgIpc) is 2.72. The summed E-state index contributed by atoms with van der Waals surface area (Å²) in [6.07, 6.45) is 4.74. The largest absolute Gasteiger partial charge is 0.469 e. The molecule has 0 amide bonds. The van der Waals surface area contributed by atoms with E-state index in [0.29, 0.717) is 5.11 Å². The van der Waals surface area contributed by atoms with Crippen LogP contribution in [0.25, 0.3) is 0 Å². The second-order valence-corrected chi connectivity index (χ2v) is 5.89. The van der Waals surface area contributed by atoms with Crippen LogP contribution in [0.5, 0.6) is 0 Å². The van der Waals surface area contributed by atoms with Crippen LogP contribution in [-0.2, 0) is 6.42 Å². The van der Waals surface area contributed by atoms with Gasteiger partial charge in [-0.05, 0) is 51.9 Å². The molecule has 1 aliphatic carbocycles. The van der Waals surface area contributed by atoms with Crippen LogP contribution in [0.2, 0.25) is 0 Å². The molecule has 0 spiro atoms. The Morgan fingerprint density at radius 1 is 1.39 bits per heavy atom. The molecule has 1 heterocycles. The average molecular weight is 265 g/mol. The van der Waals surface area contributed by atoms with Gasteiger partial charge < -0.3 is 9.73 Å². The molecule has 18 heavy (non-hydrogen) atoms. The number of thiocarbonyl (C=S) groups is 1. The zero-order valence-electron chi connectivity index (χ0n) is 11.0. The molecule has 0 aliphatic heterocycles. The van der Waals surface area contributed by atoms with E-state index in [9.17, 15) is 0 Å². The third kappa shape index (κ3) is 3.32. The molecule has 0 saturated carbocycles. The van der Waals surface area contributed by atoms with Crippen LogP contribution in [0.3, 0.4) is 0 Å². The summed E-state index contributed by atoms with van der Waals surface area (Å²) in [6, 6.07) is 1.97. The lowest BCUT2D eigenvalue weighted by Gasteiger charge is -2.22. The van der Waals surface area contributed by atoms with E-state index in [1.807, 2.05) is 6.07 Å². The molecule has 1 aromatic heterocycles. The Morgan fingerprint density at radius 2 is 2.17 bits per heavy atom. The first-order valence-corrected chi connectivity index (χ1v) is 6.58. The summed E-state index contributed by atoms with van der Waals surface area (Å²) < 4.78 is 5.42. The van der Waals surface area contributed by atoms with E-state index in [0.717, 1.165) is 36.3 Å². The summed E-state index contributed by atoms with van der Waals surface area (Å²) in [5.74, 6) is 1.02. The number of rotatable bonds is 1. The molecule has 0 bridgehead atoms. The van der Waals surface area contributed by atoms with Crippen molar-refractivity contribution in [3.05, 3.63) is 23.7 Å². The highest BCUT2D eigenvalue weighted by Crippen LogP contribution is 2.22. The fourth-order valence-electron chi connectivity index (χ4n) is 1.95. The molecule has 0 unspecified atom stereocenters. The molecule has 4 nitrogen and oxygen atoms in total. The van der Waals surface area contributed by atoms with Crippen LogP contribution in [0.1, 0.15) is 44.9 Å². The zero-order valence-corrected chi connectivity index (χ0v) is 11.9. The standard InChI is InChI=1S/C13H19N3OS/c1-13(2,3)14-12(18)16-15-10-5-4-6-11-9(10)7-8-17-11/h7-8H,4-6H2,1-3H3,(H2,14,16,18)/b15-10+. The van der Waals surface area contributed by atoms with Crippen molar-refractivity contribution in [1.82, 2.24) is 10.7 Å². The minimum atomic E-state index is -0.0579. The van der Waals surface area contributed by atoms with Crippen LogP contribution in [0.4, 0.5) is 0 Å². The van der Waals surface area contributed by atoms with Crippen molar-refractivity contribution in [2.24, 2.45) is 5.10 Å². The number of hydrogen-bond donors (Lipinski definition) is 2. The van der Waals surface area contributed by atoms with Gasteiger partial charge in [0.05, 0.1) is 12.0 Å². The van der Waals surface area contributed by atoms with Gasteiger partial charge in [-0.3, -0.25) is 5.43 Å². The topological polar surface area (TPSA) is 49.6 Å². The summed E-state index contributed by atoms with van der Waals surface area (Å²) >= 11 is 5.20. The first kappa shape index (κ1) is 13.1. The minimum Gasteiger partial charge on any atom is -0.469 e. The molecule has 1 aromatic rings. The summed E-state index contributed by atoms with van der Waals surface area (Å²) in [5.41, 5.74) is 4.97. The Hall–Kier alpha value is -1.36. The van der Waals surface area contributed by atoms with Crippen molar-refractivity contribution in [3.63, 3.8) is 0 Å². The van der Waals surface area contributed by atoms with Gasteiger partial charge in [0.25, 0.3) is 0 Å². The van der Waals surface area contributed by atoms with Gasteiger partial charge in [-0.2, -0.15) is 5.10 Å². The Labute approximate surface area is 113 Å². The van der Waals surface area contributed by atoms with Gasteiger partial charge in [-0.15, -0.1) is 0 Å². The minimum absolute atomic E-state index is 0.0579. The maximum atomic E-state index is 5.42. The van der Waals surface area contributed by atoms with Crippen molar-refractivity contribution in [3.8, 4) is 0 Å². The number of fused-ring (bicyclic) bond motifs is 1. The van der Waals surface area contributed by atoms with Crippen LogP contribution < -0.4 is 10.7 Å². The van der Waals surface area contributed by atoms with Crippen molar-refractivity contribution in [2.75, 3.05) is 0 Å². The first-order chi connectivity index (χ1) is 8.46. The normalized spacial score (nSPS) is 17.4. The quantitative estimate of drug-likeness (QED) is 0.605. The fraction of sp³-hybridized carbons (Fsp3) is 0.538. The number of furan rings is 1. The van der Waals surface area contributed by atoms with Gasteiger partial charge in [0.15, 0.2) is 5.11 Å². The highest BCUT2D eigenvalue weighted by Gasteiger charge is 2.18. The Balaban J connectivity index is 2.02. The monoisotopic (exact) mass is 265 g/mol. The van der Waals surface area contributed by atoms with Crippen LogP contribution in [0, 0.1) is 0 Å². The van der Waals surface area contributed by atoms with Crippen molar-refractivity contribution in [1.29, 1.82) is 0 Å². The SMILES string of the molecule is CC(C)(C)NC(=S)N/N=C1\CCCc2occc21. The van der Waals surface area contributed by atoms with Gasteiger partial charge in [-0.1, -0.05) is 0 Å². The van der Waals surface area contributed by atoms with Crippen molar-refractivity contribution < 1.29 is 4.42 Å². The molecule has 1 aliphatic rings. The second kappa shape index (κ2) is 5.10.